The molecule has 1 unspecified atom stereocenters. The van der Waals surface area contributed by atoms with Crippen molar-refractivity contribution in [2.24, 2.45) is 0 Å². The van der Waals surface area contributed by atoms with Gasteiger partial charge in [0, 0.05) is 23.2 Å². The maximum atomic E-state index is 12.0. The van der Waals surface area contributed by atoms with Crippen LogP contribution in [0.1, 0.15) is 36.5 Å². The number of nitrogens with zero attached hydrogens (tertiary/aromatic N) is 3. The highest BCUT2D eigenvalue weighted by Crippen LogP contribution is 2.39. The molecule has 1 aromatic carbocycles. The Hall–Kier alpha value is -3.17. The summed E-state index contributed by atoms with van der Waals surface area (Å²) in [6.45, 7) is 4.07. The van der Waals surface area contributed by atoms with Crippen LogP contribution >= 0.6 is 11.6 Å². The van der Waals surface area contributed by atoms with Crippen molar-refractivity contribution in [2.45, 2.75) is 38.9 Å². The average Bonchev–Trinajstić information content (AvgIpc) is 3.35. The van der Waals surface area contributed by atoms with Gasteiger partial charge in [0.15, 0.2) is 6.61 Å². The molecule has 1 atom stereocenters. The summed E-state index contributed by atoms with van der Waals surface area (Å²) in [5.41, 5.74) is 0.992. The fraction of sp³-hybridized carbons (Fsp3) is 0.333. The van der Waals surface area contributed by atoms with Gasteiger partial charge >= 0.3 is 0 Å². The van der Waals surface area contributed by atoms with Gasteiger partial charge in [-0.2, -0.15) is 4.98 Å². The Morgan fingerprint density at radius 3 is 2.71 bits per heavy atom. The van der Waals surface area contributed by atoms with E-state index in [2.05, 4.69) is 20.6 Å². The summed E-state index contributed by atoms with van der Waals surface area (Å²) in [6.07, 6.45) is 2.46. The van der Waals surface area contributed by atoms with Crippen molar-refractivity contribution in [3.8, 4) is 5.75 Å². The number of allylic oxidation sites excluding steroid dienone is 2. The van der Waals surface area contributed by atoms with Crippen molar-refractivity contribution in [3.05, 3.63) is 70.3 Å². The Morgan fingerprint density at radius 1 is 1.23 bits per heavy atom. The molecule has 2 heterocycles. The van der Waals surface area contributed by atoms with Gasteiger partial charge in [0.2, 0.25) is 17.6 Å². The highest BCUT2D eigenvalue weighted by molar-refractivity contribution is 6.30. The van der Waals surface area contributed by atoms with E-state index in [9.17, 15) is 4.79 Å². The summed E-state index contributed by atoms with van der Waals surface area (Å²) >= 11 is 5.86. The van der Waals surface area contributed by atoms with Crippen molar-refractivity contribution in [3.63, 3.8) is 0 Å². The normalized spacial score (nSPS) is 17.7. The van der Waals surface area contributed by atoms with Crippen molar-refractivity contribution >= 4 is 17.5 Å². The second-order valence-corrected chi connectivity index (χ2v) is 7.93. The molecular weight excluding hydrogens is 424 g/mol. The standard InChI is InChI=1S/C21H21ClN4O5/c1-13-7-15(25-30-13)10-28-12-19(27)23-16-8-21(2,9-16)20-24-18(26-31-20)11-29-17-5-3-14(22)4-6-17/h3-8H,9-12H2,1-2H3,(H,23,27). The van der Waals surface area contributed by atoms with E-state index in [1.807, 2.05) is 13.0 Å². The number of carbonyl (C=O) groups excluding carboxylic acids is 1. The molecule has 1 aliphatic carbocycles. The van der Waals surface area contributed by atoms with Gasteiger partial charge in [-0.05, 0) is 44.2 Å². The van der Waals surface area contributed by atoms with Crippen LogP contribution in [0, 0.1) is 6.92 Å². The lowest BCUT2D eigenvalue weighted by molar-refractivity contribution is -0.125. The molecule has 0 saturated carbocycles. The number of rotatable bonds is 9. The Bertz CT molecular complexity index is 1090. The molecule has 1 aliphatic rings. The van der Waals surface area contributed by atoms with Crippen LogP contribution in [-0.4, -0.2) is 27.8 Å². The van der Waals surface area contributed by atoms with E-state index in [0.717, 1.165) is 5.70 Å². The molecule has 0 spiro atoms. The van der Waals surface area contributed by atoms with E-state index in [0.29, 0.717) is 40.4 Å². The lowest BCUT2D eigenvalue weighted by atomic mass is 9.75. The highest BCUT2D eigenvalue weighted by Gasteiger charge is 2.39. The van der Waals surface area contributed by atoms with Crippen LogP contribution in [0.15, 0.2) is 51.2 Å². The summed E-state index contributed by atoms with van der Waals surface area (Å²) in [7, 11) is 0. The van der Waals surface area contributed by atoms with Crippen molar-refractivity contribution in [2.75, 3.05) is 6.61 Å². The van der Waals surface area contributed by atoms with Gasteiger partial charge in [-0.3, -0.25) is 4.79 Å². The molecule has 9 nitrogen and oxygen atoms in total. The number of hydrogen-bond donors (Lipinski definition) is 1. The maximum absolute atomic E-state index is 12.0. The molecule has 4 rings (SSSR count). The Kier molecular flexibility index (Phi) is 6.06. The monoisotopic (exact) mass is 444 g/mol. The van der Waals surface area contributed by atoms with Crippen molar-refractivity contribution in [1.82, 2.24) is 20.6 Å². The molecule has 0 saturated heterocycles. The summed E-state index contributed by atoms with van der Waals surface area (Å²) < 4.78 is 21.3. The van der Waals surface area contributed by atoms with E-state index in [1.165, 1.54) is 0 Å². The molecule has 1 N–H and O–H groups in total. The van der Waals surface area contributed by atoms with E-state index in [-0.39, 0.29) is 25.7 Å². The number of nitrogens with one attached hydrogen (secondary N) is 1. The molecule has 0 fully saturated rings. The molecule has 31 heavy (non-hydrogen) atoms. The van der Waals surface area contributed by atoms with Crippen LogP contribution < -0.4 is 10.1 Å². The smallest absolute Gasteiger partial charge is 0.250 e. The first-order valence-electron chi connectivity index (χ1n) is 9.62. The lowest BCUT2D eigenvalue weighted by Gasteiger charge is -2.33. The zero-order valence-corrected chi connectivity index (χ0v) is 17.8. The minimum atomic E-state index is -0.437. The van der Waals surface area contributed by atoms with Crippen LogP contribution in [0.25, 0.3) is 0 Å². The Morgan fingerprint density at radius 2 is 2.00 bits per heavy atom. The molecule has 3 aromatic rings. The van der Waals surface area contributed by atoms with Gasteiger partial charge in [-0.15, -0.1) is 0 Å². The van der Waals surface area contributed by atoms with Crippen LogP contribution in [0.4, 0.5) is 0 Å². The van der Waals surface area contributed by atoms with Crippen LogP contribution in [0.2, 0.25) is 5.02 Å². The van der Waals surface area contributed by atoms with Gasteiger partial charge in [-0.1, -0.05) is 21.9 Å². The number of aryl methyl sites for hydroxylation is 1. The van der Waals surface area contributed by atoms with Gasteiger partial charge in [0.05, 0.1) is 12.0 Å². The number of halogens is 1. The highest BCUT2D eigenvalue weighted by atomic mass is 35.5. The van der Waals surface area contributed by atoms with Gasteiger partial charge < -0.3 is 23.8 Å². The van der Waals surface area contributed by atoms with Gasteiger partial charge in [0.1, 0.15) is 23.8 Å². The zero-order chi connectivity index (χ0) is 21.8. The van der Waals surface area contributed by atoms with Crippen molar-refractivity contribution < 1.29 is 23.3 Å². The van der Waals surface area contributed by atoms with Gasteiger partial charge in [-0.25, -0.2) is 0 Å². The first kappa shape index (κ1) is 21.1. The summed E-state index contributed by atoms with van der Waals surface area (Å²) in [5, 5.41) is 11.2. The van der Waals surface area contributed by atoms with Crippen LogP contribution in [-0.2, 0) is 28.2 Å². The van der Waals surface area contributed by atoms with Gasteiger partial charge in [0.25, 0.3) is 0 Å². The number of ether oxygens (including phenoxy) is 2. The van der Waals surface area contributed by atoms with E-state index < -0.39 is 5.41 Å². The molecule has 162 valence electrons. The molecular formula is C21H21ClN4O5. The topological polar surface area (TPSA) is 113 Å². The predicted octanol–water partition coefficient (Wildman–Crippen LogP) is 3.48. The third-order valence-corrected chi connectivity index (χ3v) is 4.90. The zero-order valence-electron chi connectivity index (χ0n) is 17.1. The average molecular weight is 445 g/mol. The number of benzene rings is 1. The predicted molar refractivity (Wildman–Crippen MR) is 109 cm³/mol. The quantitative estimate of drug-likeness (QED) is 0.533. The molecule has 0 bridgehead atoms. The fourth-order valence-electron chi connectivity index (χ4n) is 3.14. The number of amides is 1. The number of carbonyl (C=O) groups is 1. The summed E-state index contributed by atoms with van der Waals surface area (Å²) in [4.78, 5) is 16.4. The molecule has 2 aromatic heterocycles. The minimum absolute atomic E-state index is 0.0767. The fourth-order valence-corrected chi connectivity index (χ4v) is 3.27. The number of hydrogen-bond acceptors (Lipinski definition) is 8. The van der Waals surface area contributed by atoms with Crippen LogP contribution in [0.5, 0.6) is 5.75 Å². The van der Waals surface area contributed by atoms with Crippen molar-refractivity contribution in [1.29, 1.82) is 0 Å². The van der Waals surface area contributed by atoms with Crippen LogP contribution in [0.3, 0.4) is 0 Å². The lowest BCUT2D eigenvalue weighted by Crippen LogP contribution is -2.38. The first-order chi connectivity index (χ1) is 14.9. The second kappa shape index (κ2) is 8.91. The van der Waals surface area contributed by atoms with E-state index in [1.54, 1.807) is 37.3 Å². The Labute approximate surface area is 183 Å². The third-order valence-electron chi connectivity index (χ3n) is 4.65. The molecule has 10 heteroatoms. The second-order valence-electron chi connectivity index (χ2n) is 7.49. The Balaban J connectivity index is 1.24. The summed E-state index contributed by atoms with van der Waals surface area (Å²) in [5.74, 6) is 2.03. The third kappa shape index (κ3) is 5.31. The van der Waals surface area contributed by atoms with E-state index in [4.69, 9.17) is 30.1 Å². The summed E-state index contributed by atoms with van der Waals surface area (Å²) in [6, 6.07) is 8.79. The first-order valence-corrected chi connectivity index (χ1v) is 10.0. The van der Waals surface area contributed by atoms with E-state index >= 15 is 0 Å². The largest absolute Gasteiger partial charge is 0.485 e. The molecule has 0 radical (unpaired) electrons. The minimum Gasteiger partial charge on any atom is -0.485 e. The molecule has 1 amide bonds. The maximum Gasteiger partial charge on any atom is 0.250 e. The molecule has 0 aliphatic heterocycles. The SMILES string of the molecule is Cc1cc(COCC(=O)NC2=CC(C)(c3nc(COc4ccc(Cl)cc4)no3)C2)no1. The number of aromatic nitrogens is 3.